The van der Waals surface area contributed by atoms with Crippen molar-refractivity contribution in [3.05, 3.63) is 65.2 Å². The molecule has 2 heterocycles. The summed E-state index contributed by atoms with van der Waals surface area (Å²) in [6, 6.07) is 16.4. The van der Waals surface area contributed by atoms with E-state index in [1.54, 1.807) is 4.90 Å². The van der Waals surface area contributed by atoms with Crippen molar-refractivity contribution in [1.82, 2.24) is 9.80 Å². The molecule has 4 rings (SSSR count). The maximum Gasteiger partial charge on any atom is 0.238 e. The summed E-state index contributed by atoms with van der Waals surface area (Å²) >= 11 is 0. The number of fused-ring (bicyclic) bond motifs is 1. The van der Waals surface area contributed by atoms with Crippen molar-refractivity contribution in [2.24, 2.45) is 0 Å². The Morgan fingerprint density at radius 1 is 0.962 bits per heavy atom. The van der Waals surface area contributed by atoms with Crippen LogP contribution in [0.25, 0.3) is 0 Å². The number of amides is 2. The van der Waals surface area contributed by atoms with E-state index in [1.165, 1.54) is 11.1 Å². The fourth-order valence-electron chi connectivity index (χ4n) is 4.00. The van der Waals surface area contributed by atoms with Crippen molar-refractivity contribution < 1.29 is 9.59 Å². The number of carbonyl (C=O) groups excluding carboxylic acids is 2. The molecule has 0 spiro atoms. The molecule has 5 nitrogen and oxygen atoms in total. The van der Waals surface area contributed by atoms with Gasteiger partial charge in [-0.3, -0.25) is 14.5 Å². The highest BCUT2D eigenvalue weighted by Crippen LogP contribution is 2.32. The SMILES string of the molecule is CN1C(=O)CCc2cc(CN3CC(=O)N(C)[C@@H]3c3ccccc3)ccc21. The summed E-state index contributed by atoms with van der Waals surface area (Å²) in [6.07, 6.45) is 1.31. The minimum absolute atomic E-state index is 0.0380. The molecule has 2 aliphatic rings. The Morgan fingerprint density at radius 2 is 1.73 bits per heavy atom. The molecule has 5 heteroatoms. The highest BCUT2D eigenvalue weighted by molar-refractivity contribution is 5.95. The van der Waals surface area contributed by atoms with E-state index in [1.807, 2.05) is 43.3 Å². The maximum atomic E-state index is 12.3. The zero-order valence-corrected chi connectivity index (χ0v) is 15.2. The van der Waals surface area contributed by atoms with Crippen LogP contribution in [0.4, 0.5) is 5.69 Å². The molecule has 0 N–H and O–H groups in total. The summed E-state index contributed by atoms with van der Waals surface area (Å²) in [6.45, 7) is 1.13. The van der Waals surface area contributed by atoms with Crippen LogP contribution in [0.3, 0.4) is 0 Å². The third-order valence-corrected chi connectivity index (χ3v) is 5.42. The van der Waals surface area contributed by atoms with Gasteiger partial charge in [-0.2, -0.15) is 0 Å². The molecular weight excluding hydrogens is 326 g/mol. The zero-order valence-electron chi connectivity index (χ0n) is 15.2. The Labute approximate surface area is 153 Å². The molecule has 26 heavy (non-hydrogen) atoms. The quantitative estimate of drug-likeness (QED) is 0.855. The molecule has 0 radical (unpaired) electrons. The van der Waals surface area contributed by atoms with Crippen molar-refractivity contribution in [3.8, 4) is 0 Å². The second-order valence-electron chi connectivity index (χ2n) is 7.11. The summed E-state index contributed by atoms with van der Waals surface area (Å²) in [5.74, 6) is 0.309. The van der Waals surface area contributed by atoms with Crippen LogP contribution in [0.1, 0.15) is 29.3 Å². The molecule has 2 aliphatic heterocycles. The molecule has 0 aliphatic carbocycles. The predicted octanol–water partition coefficient (Wildman–Crippen LogP) is 2.57. The minimum Gasteiger partial charge on any atom is -0.325 e. The van der Waals surface area contributed by atoms with E-state index in [9.17, 15) is 9.59 Å². The third kappa shape index (κ3) is 2.88. The first-order valence-corrected chi connectivity index (χ1v) is 8.97. The maximum absolute atomic E-state index is 12.3. The molecular formula is C21H23N3O2. The topological polar surface area (TPSA) is 43.9 Å². The first-order chi connectivity index (χ1) is 12.5. The Morgan fingerprint density at radius 3 is 2.50 bits per heavy atom. The van der Waals surface area contributed by atoms with Gasteiger partial charge in [0.1, 0.15) is 6.17 Å². The molecule has 134 valence electrons. The highest BCUT2D eigenvalue weighted by Gasteiger charge is 2.36. The molecule has 1 atom stereocenters. The fraction of sp³-hybridized carbons (Fsp3) is 0.333. The Kier molecular flexibility index (Phi) is 4.24. The number of likely N-dealkylation sites (N-methyl/N-ethyl adjacent to an activating group) is 1. The molecule has 0 saturated carbocycles. The van der Waals surface area contributed by atoms with E-state index < -0.39 is 0 Å². The van der Waals surface area contributed by atoms with Gasteiger partial charge in [-0.1, -0.05) is 42.5 Å². The number of anilines is 1. The van der Waals surface area contributed by atoms with Crippen LogP contribution in [-0.2, 0) is 22.6 Å². The number of aryl methyl sites for hydroxylation is 1. The lowest BCUT2D eigenvalue weighted by atomic mass is 9.99. The van der Waals surface area contributed by atoms with E-state index in [4.69, 9.17) is 0 Å². The fourth-order valence-corrected chi connectivity index (χ4v) is 4.00. The molecule has 1 saturated heterocycles. The monoisotopic (exact) mass is 349 g/mol. The first kappa shape index (κ1) is 16.8. The number of benzene rings is 2. The van der Waals surface area contributed by atoms with Gasteiger partial charge in [0.25, 0.3) is 0 Å². The van der Waals surface area contributed by atoms with Gasteiger partial charge in [0.2, 0.25) is 11.8 Å². The molecule has 1 fully saturated rings. The van der Waals surface area contributed by atoms with Crippen LogP contribution >= 0.6 is 0 Å². The lowest BCUT2D eigenvalue weighted by Crippen LogP contribution is -2.31. The zero-order chi connectivity index (χ0) is 18.3. The van der Waals surface area contributed by atoms with Crippen LogP contribution < -0.4 is 4.90 Å². The Balaban J connectivity index is 1.60. The van der Waals surface area contributed by atoms with E-state index >= 15 is 0 Å². The molecule has 2 aromatic carbocycles. The van der Waals surface area contributed by atoms with Gasteiger partial charge in [0.15, 0.2) is 0 Å². The number of hydrogen-bond donors (Lipinski definition) is 0. The predicted molar refractivity (Wildman–Crippen MR) is 101 cm³/mol. The Hall–Kier alpha value is -2.66. The summed E-state index contributed by atoms with van der Waals surface area (Å²) in [5, 5.41) is 0. The van der Waals surface area contributed by atoms with Crippen molar-refractivity contribution in [2.75, 3.05) is 25.5 Å². The van der Waals surface area contributed by atoms with Gasteiger partial charge in [0.05, 0.1) is 6.54 Å². The normalized spacial score (nSPS) is 20.6. The van der Waals surface area contributed by atoms with Crippen LogP contribution in [0.2, 0.25) is 0 Å². The van der Waals surface area contributed by atoms with Crippen LogP contribution in [-0.4, -0.2) is 42.3 Å². The van der Waals surface area contributed by atoms with Gasteiger partial charge in [-0.15, -0.1) is 0 Å². The van der Waals surface area contributed by atoms with Crippen LogP contribution in [0.15, 0.2) is 48.5 Å². The smallest absolute Gasteiger partial charge is 0.238 e. The summed E-state index contributed by atoms with van der Waals surface area (Å²) in [4.78, 5) is 29.9. The van der Waals surface area contributed by atoms with Crippen molar-refractivity contribution in [3.63, 3.8) is 0 Å². The third-order valence-electron chi connectivity index (χ3n) is 5.42. The van der Waals surface area contributed by atoms with Gasteiger partial charge >= 0.3 is 0 Å². The van der Waals surface area contributed by atoms with E-state index in [2.05, 4.69) is 29.2 Å². The second kappa shape index (κ2) is 6.57. The molecule has 2 aromatic rings. The lowest BCUT2D eigenvalue weighted by Gasteiger charge is -2.29. The number of carbonyl (C=O) groups is 2. The molecule has 0 unspecified atom stereocenters. The van der Waals surface area contributed by atoms with E-state index in [0.29, 0.717) is 19.5 Å². The number of rotatable bonds is 3. The molecule has 0 bridgehead atoms. The highest BCUT2D eigenvalue weighted by atomic mass is 16.2. The molecule has 0 aromatic heterocycles. The van der Waals surface area contributed by atoms with Crippen molar-refractivity contribution >= 4 is 17.5 Å². The van der Waals surface area contributed by atoms with Gasteiger partial charge in [-0.25, -0.2) is 0 Å². The summed E-state index contributed by atoms with van der Waals surface area (Å²) in [5.41, 5.74) is 4.51. The average Bonchev–Trinajstić information content (AvgIpc) is 2.93. The number of hydrogen-bond acceptors (Lipinski definition) is 3. The van der Waals surface area contributed by atoms with Gasteiger partial charge in [0, 0.05) is 32.7 Å². The van der Waals surface area contributed by atoms with Gasteiger partial charge < -0.3 is 9.80 Å². The van der Waals surface area contributed by atoms with Gasteiger partial charge in [-0.05, 0) is 29.2 Å². The number of nitrogens with zero attached hydrogens (tertiary/aromatic N) is 3. The van der Waals surface area contributed by atoms with E-state index in [0.717, 1.165) is 17.7 Å². The minimum atomic E-state index is -0.0380. The van der Waals surface area contributed by atoms with Crippen molar-refractivity contribution in [2.45, 2.75) is 25.6 Å². The van der Waals surface area contributed by atoms with E-state index in [-0.39, 0.29) is 18.0 Å². The summed E-state index contributed by atoms with van der Waals surface area (Å²) < 4.78 is 0. The lowest BCUT2D eigenvalue weighted by molar-refractivity contribution is -0.126. The average molecular weight is 349 g/mol. The molecule has 2 amide bonds. The van der Waals surface area contributed by atoms with Crippen LogP contribution in [0.5, 0.6) is 0 Å². The standard InChI is InChI=1S/C21H23N3O2/c1-22-18-10-8-15(12-17(18)9-11-19(22)25)13-24-14-20(26)23(2)21(24)16-6-4-3-5-7-16/h3-8,10,12,21H,9,11,13-14H2,1-2H3/t21-/m0/s1. The first-order valence-electron chi connectivity index (χ1n) is 8.97. The Bertz CT molecular complexity index is 850. The largest absolute Gasteiger partial charge is 0.325 e. The summed E-state index contributed by atoms with van der Waals surface area (Å²) in [7, 11) is 3.70. The second-order valence-corrected chi connectivity index (χ2v) is 7.11. The van der Waals surface area contributed by atoms with Crippen molar-refractivity contribution in [1.29, 1.82) is 0 Å². The van der Waals surface area contributed by atoms with Crippen LogP contribution in [0, 0.1) is 0 Å².